The Morgan fingerprint density at radius 2 is 2.37 bits per heavy atom. The fourth-order valence-corrected chi connectivity index (χ4v) is 2.82. The van der Waals surface area contributed by atoms with Crippen LogP contribution in [0.4, 0.5) is 5.13 Å². The molecule has 0 aliphatic heterocycles. The Labute approximate surface area is 117 Å². The Balaban J connectivity index is 1.72. The number of methoxy groups -OCH3 is 1. The van der Waals surface area contributed by atoms with Gasteiger partial charge in [0.05, 0.1) is 24.8 Å². The molecule has 1 saturated carbocycles. The summed E-state index contributed by atoms with van der Waals surface area (Å²) in [6.07, 6.45) is 3.50. The molecule has 0 bridgehead atoms. The molecule has 19 heavy (non-hydrogen) atoms. The zero-order chi connectivity index (χ0) is 13.7. The van der Waals surface area contributed by atoms with Crippen LogP contribution < -0.4 is 5.32 Å². The number of aromatic nitrogens is 1. The lowest BCUT2D eigenvalue weighted by atomic mass is 9.89. The topological polar surface area (TPSA) is 60.5 Å². The molecular formula is C13H20N2O3S. The van der Waals surface area contributed by atoms with Crippen LogP contribution in [0.15, 0.2) is 5.38 Å². The second-order valence-electron chi connectivity index (χ2n) is 4.62. The Bertz CT molecular complexity index is 416. The first-order valence-corrected chi connectivity index (χ1v) is 7.48. The number of aryl methyl sites for hydroxylation is 1. The molecule has 5 nitrogen and oxygen atoms in total. The lowest BCUT2D eigenvalue weighted by molar-refractivity contribution is -0.143. The molecule has 1 aromatic heterocycles. The first-order valence-electron chi connectivity index (χ1n) is 6.60. The van der Waals surface area contributed by atoms with Gasteiger partial charge in [-0.3, -0.25) is 4.79 Å². The quantitative estimate of drug-likeness (QED) is 0.778. The average Bonchev–Trinajstić information content (AvgIpc) is 2.79. The summed E-state index contributed by atoms with van der Waals surface area (Å²) < 4.78 is 10.1. The summed E-state index contributed by atoms with van der Waals surface area (Å²) in [4.78, 5) is 15.7. The van der Waals surface area contributed by atoms with E-state index in [1.54, 1.807) is 18.4 Å². The molecule has 0 saturated heterocycles. The second-order valence-corrected chi connectivity index (χ2v) is 5.48. The number of hydrogen-bond donors (Lipinski definition) is 1. The van der Waals surface area contributed by atoms with E-state index in [4.69, 9.17) is 9.47 Å². The zero-order valence-electron chi connectivity index (χ0n) is 11.3. The predicted molar refractivity (Wildman–Crippen MR) is 74.5 cm³/mol. The number of esters is 1. The predicted octanol–water partition coefficient (Wildman–Crippen LogP) is 2.23. The van der Waals surface area contributed by atoms with Crippen LogP contribution in [0.3, 0.4) is 0 Å². The third-order valence-electron chi connectivity index (χ3n) is 3.20. The van der Waals surface area contributed by atoms with Crippen LogP contribution in [0.2, 0.25) is 0 Å². The summed E-state index contributed by atoms with van der Waals surface area (Å²) in [5, 5.41) is 6.31. The minimum Gasteiger partial charge on any atom is -0.466 e. The highest BCUT2D eigenvalue weighted by Gasteiger charge is 2.29. The third kappa shape index (κ3) is 4.18. The van der Waals surface area contributed by atoms with Gasteiger partial charge >= 0.3 is 5.97 Å². The smallest absolute Gasteiger partial charge is 0.306 e. The second kappa shape index (κ2) is 6.86. The number of ether oxygens (including phenoxy) is 2. The largest absolute Gasteiger partial charge is 0.466 e. The van der Waals surface area contributed by atoms with Crippen molar-refractivity contribution >= 4 is 22.4 Å². The maximum atomic E-state index is 11.2. The lowest BCUT2D eigenvalue weighted by Gasteiger charge is -2.34. The van der Waals surface area contributed by atoms with E-state index in [1.165, 1.54) is 0 Å². The molecular weight excluding hydrogens is 264 g/mol. The maximum absolute atomic E-state index is 11.2. The van der Waals surface area contributed by atoms with Crippen LogP contribution in [0, 0.1) is 0 Å². The molecule has 2 rings (SSSR count). The van der Waals surface area contributed by atoms with Crippen molar-refractivity contribution in [3.8, 4) is 0 Å². The maximum Gasteiger partial charge on any atom is 0.306 e. The molecule has 0 aromatic carbocycles. The summed E-state index contributed by atoms with van der Waals surface area (Å²) in [7, 11) is 1.75. The average molecular weight is 284 g/mol. The number of carbonyl (C=O) groups is 1. The number of nitrogens with zero attached hydrogens (tertiary/aromatic N) is 1. The molecule has 1 aliphatic rings. The Hall–Kier alpha value is -1.14. The van der Waals surface area contributed by atoms with Crippen LogP contribution in [-0.4, -0.2) is 36.8 Å². The highest BCUT2D eigenvalue weighted by molar-refractivity contribution is 7.13. The van der Waals surface area contributed by atoms with Crippen LogP contribution in [-0.2, 0) is 20.7 Å². The molecule has 1 aliphatic carbocycles. The molecule has 0 amide bonds. The van der Waals surface area contributed by atoms with Crippen molar-refractivity contribution in [2.75, 3.05) is 19.0 Å². The highest BCUT2D eigenvalue weighted by Crippen LogP contribution is 2.27. The summed E-state index contributed by atoms with van der Waals surface area (Å²) >= 11 is 1.59. The molecule has 6 heteroatoms. The van der Waals surface area contributed by atoms with Crippen molar-refractivity contribution < 1.29 is 14.3 Å². The summed E-state index contributed by atoms with van der Waals surface area (Å²) in [6.45, 7) is 2.25. The van der Waals surface area contributed by atoms with E-state index in [-0.39, 0.29) is 5.97 Å². The first-order chi connectivity index (χ1) is 9.21. The van der Waals surface area contributed by atoms with Gasteiger partial charge in [0, 0.05) is 25.0 Å². The van der Waals surface area contributed by atoms with E-state index in [2.05, 4.69) is 10.3 Å². The van der Waals surface area contributed by atoms with Gasteiger partial charge in [0.2, 0.25) is 0 Å². The van der Waals surface area contributed by atoms with Crippen LogP contribution in [0.1, 0.15) is 31.9 Å². The Kier molecular flexibility index (Phi) is 5.15. The van der Waals surface area contributed by atoms with Gasteiger partial charge in [-0.2, -0.15) is 0 Å². The molecule has 1 fully saturated rings. The number of thiazole rings is 1. The number of anilines is 1. The van der Waals surface area contributed by atoms with Crippen LogP contribution in [0.25, 0.3) is 0 Å². The number of carbonyl (C=O) groups excluding carboxylic acids is 1. The van der Waals surface area contributed by atoms with Gasteiger partial charge in [-0.1, -0.05) is 0 Å². The van der Waals surface area contributed by atoms with E-state index in [0.29, 0.717) is 31.6 Å². The van der Waals surface area contributed by atoms with Gasteiger partial charge in [-0.15, -0.1) is 11.3 Å². The highest BCUT2D eigenvalue weighted by atomic mass is 32.1. The van der Waals surface area contributed by atoms with Crippen molar-refractivity contribution in [3.05, 3.63) is 11.1 Å². The molecule has 1 aromatic rings. The van der Waals surface area contributed by atoms with Gasteiger partial charge in [0.25, 0.3) is 0 Å². The van der Waals surface area contributed by atoms with Gasteiger partial charge in [0.1, 0.15) is 0 Å². The Morgan fingerprint density at radius 1 is 1.58 bits per heavy atom. The summed E-state index contributed by atoms with van der Waals surface area (Å²) in [5.74, 6) is -0.160. The van der Waals surface area contributed by atoms with Crippen molar-refractivity contribution in [2.45, 2.75) is 44.8 Å². The van der Waals surface area contributed by atoms with Gasteiger partial charge in [-0.25, -0.2) is 4.98 Å². The Morgan fingerprint density at radius 3 is 3.05 bits per heavy atom. The van der Waals surface area contributed by atoms with E-state index in [0.717, 1.165) is 23.7 Å². The van der Waals surface area contributed by atoms with Gasteiger partial charge in [0.15, 0.2) is 5.13 Å². The number of rotatable bonds is 7. The standard InChI is InChI=1S/C13H20N2O3S/c1-3-18-12(16)5-4-9-8-19-13(14-9)15-10-6-11(7-10)17-2/h8,10-11H,3-7H2,1-2H3,(H,14,15). The fraction of sp³-hybridized carbons (Fsp3) is 0.692. The van der Waals surface area contributed by atoms with Gasteiger partial charge < -0.3 is 14.8 Å². The van der Waals surface area contributed by atoms with E-state index >= 15 is 0 Å². The fourth-order valence-electron chi connectivity index (χ4n) is 2.00. The van der Waals surface area contributed by atoms with E-state index in [1.807, 2.05) is 12.3 Å². The molecule has 106 valence electrons. The molecule has 0 atom stereocenters. The normalized spacial score (nSPS) is 21.8. The minimum atomic E-state index is -0.160. The monoisotopic (exact) mass is 284 g/mol. The molecule has 1 N–H and O–H groups in total. The number of hydrogen-bond acceptors (Lipinski definition) is 6. The zero-order valence-corrected chi connectivity index (χ0v) is 12.2. The van der Waals surface area contributed by atoms with Crippen molar-refractivity contribution in [3.63, 3.8) is 0 Å². The summed E-state index contributed by atoms with van der Waals surface area (Å²) in [5.41, 5.74) is 0.947. The third-order valence-corrected chi connectivity index (χ3v) is 4.02. The van der Waals surface area contributed by atoms with Crippen LogP contribution >= 0.6 is 11.3 Å². The molecule has 0 unspecified atom stereocenters. The SMILES string of the molecule is CCOC(=O)CCc1csc(NC2CC(OC)C2)n1. The molecule has 0 spiro atoms. The van der Waals surface area contributed by atoms with Crippen molar-refractivity contribution in [2.24, 2.45) is 0 Å². The minimum absolute atomic E-state index is 0.160. The summed E-state index contributed by atoms with van der Waals surface area (Å²) in [6, 6.07) is 0.467. The molecule has 1 heterocycles. The van der Waals surface area contributed by atoms with Crippen molar-refractivity contribution in [1.82, 2.24) is 4.98 Å². The number of nitrogens with one attached hydrogen (secondary N) is 1. The van der Waals surface area contributed by atoms with E-state index in [9.17, 15) is 4.79 Å². The van der Waals surface area contributed by atoms with E-state index < -0.39 is 0 Å². The first kappa shape index (κ1) is 14.3. The van der Waals surface area contributed by atoms with Gasteiger partial charge in [-0.05, 0) is 19.8 Å². The lowest BCUT2D eigenvalue weighted by Crippen LogP contribution is -2.40. The molecule has 0 radical (unpaired) electrons. The van der Waals surface area contributed by atoms with Crippen LogP contribution in [0.5, 0.6) is 0 Å². The van der Waals surface area contributed by atoms with Crippen molar-refractivity contribution in [1.29, 1.82) is 0 Å².